The Morgan fingerprint density at radius 3 is 2.82 bits per heavy atom. The Labute approximate surface area is 174 Å². The van der Waals surface area contributed by atoms with Crippen molar-refractivity contribution in [1.29, 1.82) is 0 Å². The Morgan fingerprint density at radius 1 is 1.29 bits per heavy atom. The maximum Gasteiger partial charge on any atom is 0.305 e. The molecule has 4 rings (SSSR count). The van der Waals surface area contributed by atoms with Gasteiger partial charge in [-0.25, -0.2) is 13.8 Å². The minimum Gasteiger partial charge on any atom is -0.481 e. The lowest BCUT2D eigenvalue weighted by Crippen LogP contribution is -2.41. The van der Waals surface area contributed by atoms with E-state index in [0.29, 0.717) is 16.2 Å². The molecule has 0 fully saturated rings. The number of rotatable bonds is 4. The highest BCUT2D eigenvalue weighted by molar-refractivity contribution is 9.10. The van der Waals surface area contributed by atoms with E-state index in [9.17, 15) is 18.4 Å². The number of hydrogen-bond acceptors (Lipinski definition) is 5. The molecule has 1 aliphatic heterocycles. The first-order valence-electron chi connectivity index (χ1n) is 8.07. The summed E-state index contributed by atoms with van der Waals surface area (Å²) in [4.78, 5) is 30.6. The van der Waals surface area contributed by atoms with Crippen molar-refractivity contribution in [3.8, 4) is 0 Å². The van der Waals surface area contributed by atoms with E-state index in [0.717, 1.165) is 26.8 Å². The van der Waals surface area contributed by atoms with Gasteiger partial charge in [0.1, 0.15) is 5.01 Å². The summed E-state index contributed by atoms with van der Waals surface area (Å²) in [6, 6.07) is 7.75. The zero-order valence-electron chi connectivity index (χ0n) is 14.0. The van der Waals surface area contributed by atoms with Crippen molar-refractivity contribution >= 4 is 66.8 Å². The molecule has 1 amide bonds. The predicted octanol–water partition coefficient (Wildman–Crippen LogP) is 4.82. The number of aliphatic carboxylic acids is 1. The second-order valence-corrected chi connectivity index (χ2v) is 9.18. The first-order valence-corrected chi connectivity index (χ1v) is 10.6. The molecule has 3 aromatic rings. The fourth-order valence-electron chi connectivity index (χ4n) is 2.95. The van der Waals surface area contributed by atoms with Crippen LogP contribution in [-0.2, 0) is 16.1 Å². The van der Waals surface area contributed by atoms with Crippen molar-refractivity contribution in [2.75, 3.05) is 4.90 Å². The maximum atomic E-state index is 14.0. The number of carboxylic acid groups (broad SMARTS) is 1. The molecule has 1 atom stereocenters. The molecule has 0 saturated heterocycles. The van der Waals surface area contributed by atoms with Crippen molar-refractivity contribution in [2.45, 2.75) is 23.1 Å². The third-order valence-corrected chi connectivity index (χ3v) is 7.48. The highest BCUT2D eigenvalue weighted by atomic mass is 79.9. The van der Waals surface area contributed by atoms with Crippen LogP contribution in [0.3, 0.4) is 0 Å². The molecule has 0 aliphatic carbocycles. The van der Waals surface area contributed by atoms with Crippen molar-refractivity contribution in [3.63, 3.8) is 0 Å². The van der Waals surface area contributed by atoms with Gasteiger partial charge in [-0.2, -0.15) is 0 Å². The molecule has 2 heterocycles. The van der Waals surface area contributed by atoms with Crippen molar-refractivity contribution in [1.82, 2.24) is 4.98 Å². The standard InChI is InChI=1S/C18H11BrF2N2O3S2/c19-8-2-1-3-11-16(8)27-12(6-14(24)25)18(26)23(11)7-13-22-10-5-4-9(20)15(21)17(10)28-13/h1-5,12H,6-7H2,(H,24,25). The summed E-state index contributed by atoms with van der Waals surface area (Å²) in [6.07, 6.45) is -0.319. The van der Waals surface area contributed by atoms with Gasteiger partial charge in [0.15, 0.2) is 11.6 Å². The van der Waals surface area contributed by atoms with E-state index in [4.69, 9.17) is 5.11 Å². The van der Waals surface area contributed by atoms with Crippen LogP contribution >= 0.6 is 39.0 Å². The lowest BCUT2D eigenvalue weighted by molar-refractivity contribution is -0.138. The number of aromatic nitrogens is 1. The van der Waals surface area contributed by atoms with Gasteiger partial charge in [-0.15, -0.1) is 23.1 Å². The maximum absolute atomic E-state index is 14.0. The Kier molecular flexibility index (Phi) is 5.11. The molecule has 0 saturated carbocycles. The smallest absolute Gasteiger partial charge is 0.305 e. The molecule has 28 heavy (non-hydrogen) atoms. The fraction of sp³-hybridized carbons (Fsp3) is 0.167. The molecule has 2 aromatic carbocycles. The predicted molar refractivity (Wildman–Crippen MR) is 107 cm³/mol. The molecule has 0 radical (unpaired) electrons. The zero-order chi connectivity index (χ0) is 20.0. The number of benzene rings is 2. The van der Waals surface area contributed by atoms with Crippen LogP contribution in [0.2, 0.25) is 0 Å². The lowest BCUT2D eigenvalue weighted by Gasteiger charge is -2.33. The minimum atomic E-state index is -1.07. The average Bonchev–Trinajstić information content (AvgIpc) is 3.06. The number of anilines is 1. The first kappa shape index (κ1) is 19.3. The van der Waals surface area contributed by atoms with Crippen molar-refractivity contribution in [3.05, 3.63) is 51.4 Å². The first-order chi connectivity index (χ1) is 13.3. The molecule has 1 unspecified atom stereocenters. The van der Waals surface area contributed by atoms with E-state index < -0.39 is 22.9 Å². The van der Waals surface area contributed by atoms with Gasteiger partial charge < -0.3 is 10.0 Å². The Bertz CT molecular complexity index is 1120. The Morgan fingerprint density at radius 2 is 2.07 bits per heavy atom. The number of amides is 1. The van der Waals surface area contributed by atoms with Crippen LogP contribution in [0.15, 0.2) is 39.7 Å². The molecular formula is C18H11BrF2N2O3S2. The number of hydrogen-bond donors (Lipinski definition) is 1. The SMILES string of the molecule is O=C(O)CC1Sc2c(Br)cccc2N(Cc2nc3ccc(F)c(F)c3s2)C1=O. The zero-order valence-corrected chi connectivity index (χ0v) is 17.2. The molecule has 1 aliphatic rings. The number of thioether (sulfide) groups is 1. The number of thiazole rings is 1. The number of halogens is 3. The van der Waals surface area contributed by atoms with Gasteiger partial charge in [-0.1, -0.05) is 6.07 Å². The largest absolute Gasteiger partial charge is 0.481 e. The van der Waals surface area contributed by atoms with Gasteiger partial charge >= 0.3 is 5.97 Å². The monoisotopic (exact) mass is 484 g/mol. The molecule has 10 heteroatoms. The van der Waals surface area contributed by atoms with Crippen LogP contribution in [0.4, 0.5) is 14.5 Å². The van der Waals surface area contributed by atoms with E-state index in [1.54, 1.807) is 12.1 Å². The fourth-order valence-corrected chi connectivity index (χ4v) is 5.78. The van der Waals surface area contributed by atoms with Crippen LogP contribution in [0.25, 0.3) is 10.2 Å². The number of nitrogens with zero attached hydrogens (tertiary/aromatic N) is 2. The van der Waals surface area contributed by atoms with Crippen molar-refractivity contribution in [2.24, 2.45) is 0 Å². The number of carbonyl (C=O) groups excluding carboxylic acids is 1. The summed E-state index contributed by atoms with van der Waals surface area (Å²) >= 11 is 5.61. The second kappa shape index (κ2) is 7.41. The third kappa shape index (κ3) is 3.40. The molecule has 144 valence electrons. The van der Waals surface area contributed by atoms with Crippen LogP contribution < -0.4 is 4.90 Å². The highest BCUT2D eigenvalue weighted by Crippen LogP contribution is 2.45. The summed E-state index contributed by atoms with van der Waals surface area (Å²) in [5.74, 6) is -3.35. The average molecular weight is 485 g/mol. The van der Waals surface area contributed by atoms with Crippen molar-refractivity contribution < 1.29 is 23.5 Å². The van der Waals surface area contributed by atoms with Gasteiger partial charge in [0, 0.05) is 9.37 Å². The second-order valence-electron chi connectivity index (χ2n) is 6.03. The van der Waals surface area contributed by atoms with E-state index in [1.807, 2.05) is 6.07 Å². The van der Waals surface area contributed by atoms with Gasteiger partial charge in [0.2, 0.25) is 5.91 Å². The van der Waals surface area contributed by atoms with Gasteiger partial charge in [-0.3, -0.25) is 9.59 Å². The van der Waals surface area contributed by atoms with E-state index in [2.05, 4.69) is 20.9 Å². The van der Waals surface area contributed by atoms with Gasteiger partial charge in [0.25, 0.3) is 0 Å². The molecule has 1 aromatic heterocycles. The van der Waals surface area contributed by atoms with Crippen LogP contribution in [-0.4, -0.2) is 27.2 Å². The molecular weight excluding hydrogens is 474 g/mol. The third-order valence-electron chi connectivity index (χ3n) is 4.19. The van der Waals surface area contributed by atoms with E-state index in [-0.39, 0.29) is 23.6 Å². The Hall–Kier alpha value is -2.04. The summed E-state index contributed by atoms with van der Waals surface area (Å²) in [5.41, 5.74) is 0.936. The van der Waals surface area contributed by atoms with E-state index in [1.165, 1.54) is 22.7 Å². The topological polar surface area (TPSA) is 70.5 Å². The van der Waals surface area contributed by atoms with Crippen LogP contribution in [0.5, 0.6) is 0 Å². The van der Waals surface area contributed by atoms with Gasteiger partial charge in [-0.05, 0) is 40.2 Å². The normalized spacial score (nSPS) is 16.5. The molecule has 1 N–H and O–H groups in total. The van der Waals surface area contributed by atoms with E-state index >= 15 is 0 Å². The quantitative estimate of drug-likeness (QED) is 0.574. The highest BCUT2D eigenvalue weighted by Gasteiger charge is 2.36. The molecule has 5 nitrogen and oxygen atoms in total. The summed E-state index contributed by atoms with van der Waals surface area (Å²) < 4.78 is 28.3. The summed E-state index contributed by atoms with van der Waals surface area (Å²) in [5, 5.41) is 8.79. The van der Waals surface area contributed by atoms with Gasteiger partial charge in [0.05, 0.1) is 34.1 Å². The lowest BCUT2D eigenvalue weighted by atomic mass is 10.2. The van der Waals surface area contributed by atoms with Crippen LogP contribution in [0.1, 0.15) is 11.4 Å². The number of carboxylic acids is 1. The molecule has 0 bridgehead atoms. The Balaban J connectivity index is 1.75. The summed E-state index contributed by atoms with van der Waals surface area (Å²) in [7, 11) is 0. The minimum absolute atomic E-state index is 0.0410. The van der Waals surface area contributed by atoms with Crippen LogP contribution in [0, 0.1) is 11.6 Å². The molecule has 0 spiro atoms. The number of fused-ring (bicyclic) bond motifs is 2. The summed E-state index contributed by atoms with van der Waals surface area (Å²) in [6.45, 7) is 0.0410. The number of carbonyl (C=O) groups is 2.